The van der Waals surface area contributed by atoms with Crippen molar-refractivity contribution in [3.8, 4) is 11.3 Å². The van der Waals surface area contributed by atoms with Crippen molar-refractivity contribution in [2.75, 3.05) is 6.61 Å². The minimum Gasteiger partial charge on any atom is -0.394 e. The Bertz CT molecular complexity index is 477. The molecular formula is C13H17N3O. The van der Waals surface area contributed by atoms with Crippen LogP contribution in [0.25, 0.3) is 11.3 Å². The molecule has 0 saturated carbocycles. The zero-order valence-corrected chi connectivity index (χ0v) is 10.2. The van der Waals surface area contributed by atoms with E-state index < -0.39 is 0 Å². The minimum absolute atomic E-state index is 0.108. The molecule has 0 spiro atoms. The summed E-state index contributed by atoms with van der Waals surface area (Å²) in [5.41, 5.74) is 3.13. The first-order valence-corrected chi connectivity index (χ1v) is 5.81. The summed E-state index contributed by atoms with van der Waals surface area (Å²) in [6, 6.07) is 5.96. The van der Waals surface area contributed by atoms with Gasteiger partial charge in [0, 0.05) is 23.7 Å². The normalized spacial score (nSPS) is 11.1. The van der Waals surface area contributed by atoms with Crippen LogP contribution in [0.1, 0.15) is 25.5 Å². The van der Waals surface area contributed by atoms with Gasteiger partial charge in [0.1, 0.15) is 0 Å². The van der Waals surface area contributed by atoms with Crippen molar-refractivity contribution in [1.29, 1.82) is 0 Å². The molecule has 0 aliphatic rings. The van der Waals surface area contributed by atoms with E-state index in [9.17, 15) is 0 Å². The van der Waals surface area contributed by atoms with Crippen molar-refractivity contribution in [1.82, 2.24) is 14.8 Å². The van der Waals surface area contributed by atoms with Gasteiger partial charge in [0.15, 0.2) is 0 Å². The number of aromatic nitrogens is 3. The Hall–Kier alpha value is -1.68. The maximum absolute atomic E-state index is 9.03. The zero-order chi connectivity index (χ0) is 12.3. The molecule has 1 N–H and O–H groups in total. The summed E-state index contributed by atoms with van der Waals surface area (Å²) in [6.07, 6.45) is 3.52. The lowest BCUT2D eigenvalue weighted by Crippen LogP contribution is -2.09. The van der Waals surface area contributed by atoms with Crippen LogP contribution in [-0.2, 0) is 6.54 Å². The van der Waals surface area contributed by atoms with Crippen LogP contribution in [0.5, 0.6) is 0 Å². The molecule has 90 valence electrons. The van der Waals surface area contributed by atoms with Gasteiger partial charge in [0.25, 0.3) is 0 Å². The van der Waals surface area contributed by atoms with E-state index in [2.05, 4.69) is 30.0 Å². The van der Waals surface area contributed by atoms with E-state index in [0.29, 0.717) is 12.5 Å². The fraction of sp³-hybridized carbons (Fsp3) is 0.385. The highest BCUT2D eigenvalue weighted by molar-refractivity contribution is 5.58. The molecule has 0 saturated heterocycles. The summed E-state index contributed by atoms with van der Waals surface area (Å²) in [7, 11) is 0. The number of pyridine rings is 1. The van der Waals surface area contributed by atoms with Gasteiger partial charge in [-0.2, -0.15) is 5.10 Å². The summed E-state index contributed by atoms with van der Waals surface area (Å²) < 4.78 is 1.88. The van der Waals surface area contributed by atoms with Gasteiger partial charge in [0.05, 0.1) is 18.8 Å². The number of aliphatic hydroxyl groups excluding tert-OH is 1. The van der Waals surface area contributed by atoms with Crippen molar-refractivity contribution in [2.24, 2.45) is 0 Å². The molecule has 0 fully saturated rings. The Balaban J connectivity index is 2.40. The molecule has 0 unspecified atom stereocenters. The molecule has 0 amide bonds. The Kier molecular flexibility index (Phi) is 3.54. The number of hydrogen-bond donors (Lipinski definition) is 1. The second-order valence-electron chi connectivity index (χ2n) is 4.29. The maximum Gasteiger partial charge on any atom is 0.0927 e. The fourth-order valence-electron chi connectivity index (χ4n) is 1.83. The zero-order valence-electron chi connectivity index (χ0n) is 10.2. The highest BCUT2D eigenvalue weighted by Crippen LogP contribution is 2.22. The second kappa shape index (κ2) is 5.10. The predicted octanol–water partition coefficient (Wildman–Crippen LogP) is 2.06. The average molecular weight is 231 g/mol. The van der Waals surface area contributed by atoms with Gasteiger partial charge >= 0.3 is 0 Å². The van der Waals surface area contributed by atoms with Crippen molar-refractivity contribution in [2.45, 2.75) is 26.3 Å². The third-order valence-corrected chi connectivity index (χ3v) is 2.69. The minimum atomic E-state index is 0.108. The van der Waals surface area contributed by atoms with Gasteiger partial charge in [0.2, 0.25) is 0 Å². The molecule has 0 aliphatic carbocycles. The third-order valence-electron chi connectivity index (χ3n) is 2.69. The van der Waals surface area contributed by atoms with Crippen molar-refractivity contribution < 1.29 is 5.11 Å². The van der Waals surface area contributed by atoms with E-state index in [1.54, 1.807) is 12.4 Å². The largest absolute Gasteiger partial charge is 0.394 e. The predicted molar refractivity (Wildman–Crippen MR) is 66.6 cm³/mol. The number of rotatable bonds is 4. The molecule has 2 rings (SSSR count). The summed E-state index contributed by atoms with van der Waals surface area (Å²) in [5.74, 6) is 0.393. The Morgan fingerprint density at radius 1 is 1.29 bits per heavy atom. The first-order valence-electron chi connectivity index (χ1n) is 5.81. The first-order chi connectivity index (χ1) is 8.22. The van der Waals surface area contributed by atoms with Crippen molar-refractivity contribution >= 4 is 0 Å². The van der Waals surface area contributed by atoms with Crippen LogP contribution >= 0.6 is 0 Å². The smallest absolute Gasteiger partial charge is 0.0927 e. The molecule has 4 heteroatoms. The van der Waals surface area contributed by atoms with E-state index >= 15 is 0 Å². The fourth-order valence-corrected chi connectivity index (χ4v) is 1.83. The Morgan fingerprint density at radius 2 is 2.00 bits per heavy atom. The van der Waals surface area contributed by atoms with Crippen LogP contribution in [0.3, 0.4) is 0 Å². The molecule has 0 radical (unpaired) electrons. The summed E-state index contributed by atoms with van der Waals surface area (Å²) in [5, 5.41) is 13.6. The molecule has 2 heterocycles. The molecular weight excluding hydrogens is 214 g/mol. The van der Waals surface area contributed by atoms with Crippen LogP contribution < -0.4 is 0 Å². The van der Waals surface area contributed by atoms with Crippen LogP contribution in [-0.4, -0.2) is 26.5 Å². The molecule has 0 atom stereocenters. The molecule has 0 bridgehead atoms. The molecule has 0 aromatic carbocycles. The van der Waals surface area contributed by atoms with Crippen molar-refractivity contribution in [3.05, 3.63) is 36.3 Å². The van der Waals surface area contributed by atoms with E-state index in [1.807, 2.05) is 16.8 Å². The topological polar surface area (TPSA) is 50.9 Å². The standard InChI is InChI=1S/C13H17N3O/c1-10(2)13-9-12(15-16(13)7-8-17)11-3-5-14-6-4-11/h3-6,9-10,17H,7-8H2,1-2H3. The van der Waals surface area contributed by atoms with Crippen LogP contribution in [0.4, 0.5) is 0 Å². The van der Waals surface area contributed by atoms with Gasteiger partial charge in [-0.3, -0.25) is 9.67 Å². The van der Waals surface area contributed by atoms with Gasteiger partial charge in [-0.05, 0) is 24.1 Å². The summed E-state index contributed by atoms with van der Waals surface area (Å²) in [6.45, 7) is 4.90. The van der Waals surface area contributed by atoms with Crippen LogP contribution in [0.15, 0.2) is 30.6 Å². The maximum atomic E-state index is 9.03. The van der Waals surface area contributed by atoms with Crippen molar-refractivity contribution in [3.63, 3.8) is 0 Å². The molecule has 4 nitrogen and oxygen atoms in total. The molecule has 2 aromatic rings. The lowest BCUT2D eigenvalue weighted by molar-refractivity contribution is 0.267. The highest BCUT2D eigenvalue weighted by Gasteiger charge is 2.11. The molecule has 17 heavy (non-hydrogen) atoms. The Morgan fingerprint density at radius 3 is 2.59 bits per heavy atom. The van der Waals surface area contributed by atoms with Gasteiger partial charge in [-0.1, -0.05) is 13.8 Å². The van der Waals surface area contributed by atoms with Gasteiger partial charge in [-0.25, -0.2) is 0 Å². The number of aliphatic hydroxyl groups is 1. The lowest BCUT2D eigenvalue weighted by Gasteiger charge is -2.07. The van der Waals surface area contributed by atoms with E-state index in [4.69, 9.17) is 5.11 Å². The Labute approximate surface area is 101 Å². The molecule has 2 aromatic heterocycles. The first kappa shape index (κ1) is 11.8. The van der Waals surface area contributed by atoms with E-state index in [1.165, 1.54) is 0 Å². The van der Waals surface area contributed by atoms with Crippen LogP contribution in [0.2, 0.25) is 0 Å². The van der Waals surface area contributed by atoms with E-state index in [0.717, 1.165) is 17.0 Å². The van der Waals surface area contributed by atoms with Gasteiger partial charge < -0.3 is 5.11 Å². The third kappa shape index (κ3) is 2.53. The van der Waals surface area contributed by atoms with E-state index in [-0.39, 0.29) is 6.61 Å². The SMILES string of the molecule is CC(C)c1cc(-c2ccncc2)nn1CCO. The number of nitrogens with zero attached hydrogens (tertiary/aromatic N) is 3. The second-order valence-corrected chi connectivity index (χ2v) is 4.29. The average Bonchev–Trinajstić information content (AvgIpc) is 2.75. The molecule has 0 aliphatic heterocycles. The van der Waals surface area contributed by atoms with Gasteiger partial charge in [-0.15, -0.1) is 0 Å². The quantitative estimate of drug-likeness (QED) is 0.876. The van der Waals surface area contributed by atoms with Crippen LogP contribution in [0, 0.1) is 0 Å². The summed E-state index contributed by atoms with van der Waals surface area (Å²) in [4.78, 5) is 4.00. The number of hydrogen-bond acceptors (Lipinski definition) is 3. The monoisotopic (exact) mass is 231 g/mol. The lowest BCUT2D eigenvalue weighted by atomic mass is 10.1. The highest BCUT2D eigenvalue weighted by atomic mass is 16.3. The summed E-state index contributed by atoms with van der Waals surface area (Å²) >= 11 is 0.